The lowest BCUT2D eigenvalue weighted by Crippen LogP contribution is -2.44. The number of alkyl halides is 6. The van der Waals surface area contributed by atoms with Crippen LogP contribution in [0.3, 0.4) is 0 Å². The first kappa shape index (κ1) is 20.0. The van der Waals surface area contributed by atoms with Crippen LogP contribution < -0.4 is 0 Å². The summed E-state index contributed by atoms with van der Waals surface area (Å²) < 4.78 is 81.5. The van der Waals surface area contributed by atoms with Gasteiger partial charge in [0.1, 0.15) is 5.01 Å². The molecule has 0 N–H and O–H groups in total. The Morgan fingerprint density at radius 2 is 2.08 bits per heavy atom. The van der Waals surface area contributed by atoms with Crippen LogP contribution in [0.1, 0.15) is 29.6 Å². The molecule has 0 unspecified atom stereocenters. The maximum atomic E-state index is 13.2. The van der Waals surface area contributed by atoms with Crippen LogP contribution >= 0.6 is 11.3 Å². The number of aryl methyl sites for hydroxylation is 1. The molecule has 2 atom stereocenters. The fourth-order valence-electron chi connectivity index (χ4n) is 2.61. The summed E-state index contributed by atoms with van der Waals surface area (Å²) in [4.78, 5) is 16.8. The molecule has 1 aliphatic rings. The lowest BCUT2D eigenvalue weighted by molar-refractivity contribution is -0.227. The van der Waals surface area contributed by atoms with E-state index < -0.39 is 41.9 Å². The van der Waals surface area contributed by atoms with Crippen LogP contribution in [-0.2, 0) is 9.53 Å². The third kappa shape index (κ3) is 5.84. The first-order valence-corrected chi connectivity index (χ1v) is 8.32. The maximum absolute atomic E-state index is 13.2. The van der Waals surface area contributed by atoms with E-state index in [1.807, 2.05) is 0 Å². The number of halogens is 6. The third-order valence-electron chi connectivity index (χ3n) is 3.63. The molecule has 4 nitrogen and oxygen atoms in total. The molecule has 25 heavy (non-hydrogen) atoms. The highest BCUT2D eigenvalue weighted by Gasteiger charge is 2.47. The van der Waals surface area contributed by atoms with Crippen LogP contribution in [0.5, 0.6) is 0 Å². The molecule has 1 fully saturated rings. The smallest absolute Gasteiger partial charge is 0.432 e. The second-order valence-electron chi connectivity index (χ2n) is 5.88. The van der Waals surface area contributed by atoms with Gasteiger partial charge in [-0.05, 0) is 26.3 Å². The molecule has 0 spiro atoms. The van der Waals surface area contributed by atoms with E-state index in [1.54, 1.807) is 0 Å². The van der Waals surface area contributed by atoms with Gasteiger partial charge in [-0.25, -0.2) is 4.98 Å². The van der Waals surface area contributed by atoms with Crippen LogP contribution in [0, 0.1) is 12.8 Å². The van der Waals surface area contributed by atoms with Gasteiger partial charge in [0.25, 0.3) is 0 Å². The largest absolute Gasteiger partial charge is 0.445 e. The molecule has 11 heteroatoms. The van der Waals surface area contributed by atoms with Crippen molar-refractivity contribution < 1.29 is 35.9 Å². The molecule has 1 saturated heterocycles. The van der Waals surface area contributed by atoms with Crippen LogP contribution in [-0.4, -0.2) is 47.8 Å². The summed E-state index contributed by atoms with van der Waals surface area (Å²) in [6, 6.07) is 0. The standard InChI is InChI=1S/C14H16F6N2O2S/c1-8-6-25-11(21-8)10(14(18,19)20)24-12(23)9-3-2-4-22(5-9)7-13(15,16)17/h6,9-10H,2-5,7H2,1H3/t9-,10-/m0/s1. The third-order valence-corrected chi connectivity index (χ3v) is 4.64. The number of rotatable bonds is 4. The molecule has 1 aromatic rings. The van der Waals surface area contributed by atoms with Crippen LogP contribution in [0.25, 0.3) is 0 Å². The first-order valence-electron chi connectivity index (χ1n) is 7.44. The minimum Gasteiger partial charge on any atom is -0.445 e. The molecule has 1 aromatic heterocycles. The number of aromatic nitrogens is 1. The molecule has 142 valence electrons. The van der Waals surface area contributed by atoms with Gasteiger partial charge in [-0.3, -0.25) is 9.69 Å². The number of ether oxygens (including phenoxy) is 1. The second-order valence-corrected chi connectivity index (χ2v) is 6.76. The number of nitrogens with zero attached hydrogens (tertiary/aromatic N) is 2. The van der Waals surface area contributed by atoms with E-state index in [1.165, 1.54) is 12.3 Å². The normalized spacial score (nSPS) is 21.2. The first-order chi connectivity index (χ1) is 11.5. The zero-order chi connectivity index (χ0) is 18.8. The average Bonchev–Trinajstić information content (AvgIpc) is 2.87. The van der Waals surface area contributed by atoms with E-state index in [0.717, 1.165) is 4.90 Å². The van der Waals surface area contributed by atoms with Gasteiger partial charge >= 0.3 is 18.3 Å². The number of piperidine rings is 1. The second kappa shape index (κ2) is 7.48. The fourth-order valence-corrected chi connectivity index (χ4v) is 3.45. The van der Waals surface area contributed by atoms with Crippen LogP contribution in [0.4, 0.5) is 26.3 Å². The fraction of sp³-hybridized carbons (Fsp3) is 0.714. The summed E-state index contributed by atoms with van der Waals surface area (Å²) in [7, 11) is 0. The lowest BCUT2D eigenvalue weighted by atomic mass is 9.98. The van der Waals surface area contributed by atoms with Gasteiger partial charge in [0, 0.05) is 17.6 Å². The number of likely N-dealkylation sites (tertiary alicyclic amines) is 1. The zero-order valence-corrected chi connectivity index (χ0v) is 14.0. The van der Waals surface area contributed by atoms with Gasteiger partial charge in [0.05, 0.1) is 12.5 Å². The molecule has 2 heterocycles. The molecular formula is C14H16F6N2O2S. The molecule has 0 radical (unpaired) electrons. The molecule has 0 amide bonds. The Morgan fingerprint density at radius 1 is 1.40 bits per heavy atom. The Bertz CT molecular complexity index is 601. The van der Waals surface area contributed by atoms with Crippen molar-refractivity contribution in [3.63, 3.8) is 0 Å². The monoisotopic (exact) mass is 390 g/mol. The van der Waals surface area contributed by atoms with E-state index in [9.17, 15) is 31.1 Å². The van der Waals surface area contributed by atoms with Gasteiger partial charge in [0.15, 0.2) is 0 Å². The zero-order valence-electron chi connectivity index (χ0n) is 13.2. The van der Waals surface area contributed by atoms with E-state index in [2.05, 4.69) is 9.72 Å². The predicted octanol–water partition coefficient (Wildman–Crippen LogP) is 3.87. The lowest BCUT2D eigenvalue weighted by Gasteiger charge is -2.32. The van der Waals surface area contributed by atoms with Crippen molar-refractivity contribution >= 4 is 17.3 Å². The molecule has 0 aliphatic carbocycles. The topological polar surface area (TPSA) is 42.4 Å². The molecule has 0 aromatic carbocycles. The molecule has 0 saturated carbocycles. The molecule has 1 aliphatic heterocycles. The highest BCUT2D eigenvalue weighted by Crippen LogP contribution is 2.38. The average molecular weight is 390 g/mol. The number of hydrogen-bond donors (Lipinski definition) is 0. The molecule has 2 rings (SSSR count). The predicted molar refractivity (Wildman–Crippen MR) is 77.0 cm³/mol. The highest BCUT2D eigenvalue weighted by atomic mass is 32.1. The summed E-state index contributed by atoms with van der Waals surface area (Å²) in [5, 5.41) is 0.995. The van der Waals surface area contributed by atoms with Gasteiger partial charge in [0.2, 0.25) is 6.10 Å². The van der Waals surface area contributed by atoms with Crippen LogP contribution in [0.15, 0.2) is 5.38 Å². The van der Waals surface area contributed by atoms with Crippen molar-refractivity contribution in [3.8, 4) is 0 Å². The Balaban J connectivity index is 2.05. The number of carbonyl (C=O) groups excluding carboxylic acids is 1. The van der Waals surface area contributed by atoms with Gasteiger partial charge in [-0.1, -0.05) is 0 Å². The number of hydrogen-bond acceptors (Lipinski definition) is 5. The van der Waals surface area contributed by atoms with Crippen molar-refractivity contribution in [2.75, 3.05) is 19.6 Å². The minimum atomic E-state index is -4.85. The quantitative estimate of drug-likeness (QED) is 0.578. The van der Waals surface area contributed by atoms with Crippen LogP contribution in [0.2, 0.25) is 0 Å². The number of esters is 1. The Morgan fingerprint density at radius 3 is 2.60 bits per heavy atom. The Kier molecular flexibility index (Phi) is 5.97. The van der Waals surface area contributed by atoms with Crippen molar-refractivity contribution in [2.45, 2.75) is 38.2 Å². The van der Waals surface area contributed by atoms with E-state index in [0.29, 0.717) is 17.0 Å². The summed E-state index contributed by atoms with van der Waals surface area (Å²) in [6.45, 7) is 0.161. The van der Waals surface area contributed by atoms with Crippen molar-refractivity contribution in [2.24, 2.45) is 5.92 Å². The number of thiazole rings is 1. The summed E-state index contributed by atoms with van der Waals surface area (Å²) in [5.41, 5.74) is 0.360. The number of carbonyl (C=O) groups is 1. The molecular weight excluding hydrogens is 374 g/mol. The Hall–Kier alpha value is -1.36. The Labute approximate surface area is 143 Å². The van der Waals surface area contributed by atoms with Crippen molar-refractivity contribution in [1.29, 1.82) is 0 Å². The summed E-state index contributed by atoms with van der Waals surface area (Å²) >= 11 is 0.714. The summed E-state index contributed by atoms with van der Waals surface area (Å²) in [5.74, 6) is -2.18. The van der Waals surface area contributed by atoms with E-state index >= 15 is 0 Å². The minimum absolute atomic E-state index is 0.137. The maximum Gasteiger partial charge on any atom is 0.432 e. The van der Waals surface area contributed by atoms with Crippen molar-refractivity contribution in [3.05, 3.63) is 16.1 Å². The molecule has 0 bridgehead atoms. The van der Waals surface area contributed by atoms with Gasteiger partial charge < -0.3 is 4.74 Å². The summed E-state index contributed by atoms with van der Waals surface area (Å²) in [6.07, 6.45) is -11.3. The van der Waals surface area contributed by atoms with Gasteiger partial charge in [-0.2, -0.15) is 26.3 Å². The SMILES string of the molecule is Cc1csc([C@H](OC(=O)[C@H]2CCCN(CC(F)(F)F)C2)C(F)(F)F)n1. The van der Waals surface area contributed by atoms with Crippen molar-refractivity contribution in [1.82, 2.24) is 9.88 Å². The van der Waals surface area contributed by atoms with E-state index in [4.69, 9.17) is 0 Å². The van der Waals surface area contributed by atoms with E-state index in [-0.39, 0.29) is 25.9 Å². The van der Waals surface area contributed by atoms with Gasteiger partial charge in [-0.15, -0.1) is 11.3 Å². The highest BCUT2D eigenvalue weighted by molar-refractivity contribution is 7.09.